The summed E-state index contributed by atoms with van der Waals surface area (Å²) in [6, 6.07) is 5.80. The molecule has 0 saturated carbocycles. The summed E-state index contributed by atoms with van der Waals surface area (Å²) in [4.78, 5) is 14.3. The molecule has 0 bridgehead atoms. The van der Waals surface area contributed by atoms with E-state index >= 15 is 0 Å². The van der Waals surface area contributed by atoms with Crippen molar-refractivity contribution in [3.63, 3.8) is 0 Å². The fourth-order valence-corrected chi connectivity index (χ4v) is 3.59. The predicted molar refractivity (Wildman–Crippen MR) is 81.5 cm³/mol. The number of carbonyl (C=O) groups is 1. The van der Waals surface area contributed by atoms with Crippen molar-refractivity contribution in [2.75, 3.05) is 20.7 Å². The van der Waals surface area contributed by atoms with Crippen LogP contribution < -0.4 is 4.74 Å². The molecular weight excluding hydrogens is 282 g/mol. The third-order valence-corrected chi connectivity index (χ3v) is 4.75. The molecule has 2 unspecified atom stereocenters. The summed E-state index contributed by atoms with van der Waals surface area (Å²) < 4.78 is 10.8. The summed E-state index contributed by atoms with van der Waals surface area (Å²) >= 11 is 0. The van der Waals surface area contributed by atoms with Gasteiger partial charge in [-0.2, -0.15) is 0 Å². The van der Waals surface area contributed by atoms with E-state index in [1.54, 1.807) is 13.1 Å². The molecule has 2 aliphatic rings. The van der Waals surface area contributed by atoms with Gasteiger partial charge >= 0.3 is 5.97 Å². The second-order valence-electron chi connectivity index (χ2n) is 6.25. The van der Waals surface area contributed by atoms with Crippen LogP contribution in [0.1, 0.15) is 24.5 Å². The molecular formula is C17H21NO4. The number of nitrogens with zero attached hydrogens (tertiary/aromatic N) is 1. The lowest BCUT2D eigenvalue weighted by Gasteiger charge is -2.43. The van der Waals surface area contributed by atoms with Gasteiger partial charge in [0.15, 0.2) is 0 Å². The monoisotopic (exact) mass is 303 g/mol. The molecule has 0 fully saturated rings. The van der Waals surface area contributed by atoms with Gasteiger partial charge in [-0.3, -0.25) is 0 Å². The van der Waals surface area contributed by atoms with Gasteiger partial charge in [0.1, 0.15) is 5.75 Å². The van der Waals surface area contributed by atoms with E-state index in [9.17, 15) is 9.90 Å². The Balaban J connectivity index is 2.26. The summed E-state index contributed by atoms with van der Waals surface area (Å²) in [5.74, 6) is -1.31. The molecule has 1 spiro atoms. The minimum Gasteiger partial charge on any atom is -0.466 e. The molecule has 0 radical (unpaired) electrons. The molecule has 118 valence electrons. The average Bonchev–Trinajstić information content (AvgIpc) is 2.67. The highest BCUT2D eigenvalue weighted by Gasteiger charge is 2.61. The highest BCUT2D eigenvalue weighted by Crippen LogP contribution is 2.55. The summed E-state index contributed by atoms with van der Waals surface area (Å²) in [5.41, 5.74) is 1.41. The van der Waals surface area contributed by atoms with Crippen molar-refractivity contribution >= 4 is 5.97 Å². The van der Waals surface area contributed by atoms with Crippen LogP contribution >= 0.6 is 0 Å². The molecule has 1 N–H and O–H groups in total. The highest BCUT2D eigenvalue weighted by atomic mass is 16.6. The molecule has 1 aromatic carbocycles. The molecule has 22 heavy (non-hydrogen) atoms. The average molecular weight is 303 g/mol. The molecule has 5 nitrogen and oxygen atoms in total. The first-order valence-electron chi connectivity index (χ1n) is 7.35. The van der Waals surface area contributed by atoms with Crippen LogP contribution in [0.5, 0.6) is 5.75 Å². The first kappa shape index (κ1) is 14.9. The number of methoxy groups -OCH3 is 1. The van der Waals surface area contributed by atoms with Gasteiger partial charge in [-0.1, -0.05) is 12.1 Å². The van der Waals surface area contributed by atoms with Crippen LogP contribution in [0.25, 0.3) is 0 Å². The van der Waals surface area contributed by atoms with Crippen LogP contribution in [-0.2, 0) is 14.9 Å². The number of aryl methyl sites for hydroxylation is 1. The molecule has 2 aliphatic heterocycles. The van der Waals surface area contributed by atoms with Crippen LogP contribution in [0.4, 0.5) is 0 Å². The van der Waals surface area contributed by atoms with Crippen molar-refractivity contribution in [1.29, 1.82) is 0 Å². The van der Waals surface area contributed by atoms with E-state index in [1.165, 1.54) is 7.11 Å². The third kappa shape index (κ3) is 1.85. The maximum absolute atomic E-state index is 12.4. The van der Waals surface area contributed by atoms with Gasteiger partial charge in [-0.05, 0) is 25.0 Å². The zero-order valence-electron chi connectivity index (χ0n) is 13.3. The summed E-state index contributed by atoms with van der Waals surface area (Å²) in [6.45, 7) is 4.30. The number of benzene rings is 1. The second-order valence-corrected chi connectivity index (χ2v) is 6.25. The van der Waals surface area contributed by atoms with Crippen molar-refractivity contribution in [2.45, 2.75) is 31.5 Å². The van der Waals surface area contributed by atoms with Gasteiger partial charge in [0.25, 0.3) is 0 Å². The molecule has 2 atom stereocenters. The van der Waals surface area contributed by atoms with E-state index in [4.69, 9.17) is 9.47 Å². The van der Waals surface area contributed by atoms with E-state index in [1.807, 2.05) is 37.1 Å². The lowest BCUT2D eigenvalue weighted by molar-refractivity contribution is -0.162. The Labute approximate surface area is 130 Å². The van der Waals surface area contributed by atoms with Crippen LogP contribution in [0, 0.1) is 6.92 Å². The zero-order chi connectivity index (χ0) is 16.1. The van der Waals surface area contributed by atoms with Crippen molar-refractivity contribution in [2.24, 2.45) is 0 Å². The van der Waals surface area contributed by atoms with Crippen molar-refractivity contribution in [3.05, 3.63) is 41.1 Å². The zero-order valence-corrected chi connectivity index (χ0v) is 13.3. The summed E-state index contributed by atoms with van der Waals surface area (Å²) in [5, 5.41) is 11.0. The summed E-state index contributed by atoms with van der Waals surface area (Å²) in [6.07, 6.45) is 2.33. The number of aliphatic hydroxyl groups is 1. The Kier molecular flexibility index (Phi) is 3.22. The lowest BCUT2D eigenvalue weighted by Crippen LogP contribution is -2.55. The van der Waals surface area contributed by atoms with Crippen molar-refractivity contribution in [3.8, 4) is 5.75 Å². The highest BCUT2D eigenvalue weighted by molar-refractivity contribution is 5.92. The van der Waals surface area contributed by atoms with Crippen LogP contribution in [-0.4, -0.2) is 42.5 Å². The standard InChI is InChI=1S/C17H21NO4/c1-11-5-6-12-14(9-11)22-16(2,20)17(12)7-8-18(3)10-13(17)15(19)21-4/h5-6,9-10,20H,7-8H2,1-4H3. The summed E-state index contributed by atoms with van der Waals surface area (Å²) in [7, 11) is 3.25. The number of rotatable bonds is 1. The molecule has 0 aliphatic carbocycles. The third-order valence-electron chi connectivity index (χ3n) is 4.75. The minimum atomic E-state index is -1.50. The van der Waals surface area contributed by atoms with E-state index in [0.29, 0.717) is 24.3 Å². The van der Waals surface area contributed by atoms with E-state index in [2.05, 4.69) is 0 Å². The van der Waals surface area contributed by atoms with Crippen LogP contribution in [0.3, 0.4) is 0 Å². The van der Waals surface area contributed by atoms with Gasteiger partial charge < -0.3 is 19.5 Å². The molecule has 0 aromatic heterocycles. The number of ether oxygens (including phenoxy) is 2. The van der Waals surface area contributed by atoms with Crippen molar-refractivity contribution < 1.29 is 19.4 Å². The van der Waals surface area contributed by atoms with Crippen LogP contribution in [0.15, 0.2) is 30.0 Å². The number of fused-ring (bicyclic) bond motifs is 2. The lowest BCUT2D eigenvalue weighted by atomic mass is 9.66. The minimum absolute atomic E-state index is 0.427. The normalized spacial score (nSPS) is 29.9. The molecule has 3 rings (SSSR count). The van der Waals surface area contributed by atoms with Crippen LogP contribution in [0.2, 0.25) is 0 Å². The fourth-order valence-electron chi connectivity index (χ4n) is 3.59. The number of hydrogen-bond acceptors (Lipinski definition) is 5. The number of esters is 1. The quantitative estimate of drug-likeness (QED) is 0.801. The Hall–Kier alpha value is -2.01. The molecule has 0 amide bonds. The second kappa shape index (κ2) is 4.74. The van der Waals surface area contributed by atoms with Crippen molar-refractivity contribution in [1.82, 2.24) is 4.90 Å². The maximum Gasteiger partial charge on any atom is 0.336 e. The smallest absolute Gasteiger partial charge is 0.336 e. The Morgan fingerprint density at radius 1 is 1.45 bits per heavy atom. The molecule has 0 saturated heterocycles. The molecule has 2 heterocycles. The van der Waals surface area contributed by atoms with Gasteiger partial charge in [-0.15, -0.1) is 0 Å². The molecule has 5 heteroatoms. The Bertz CT molecular complexity index is 665. The SMILES string of the molecule is COC(=O)C1=CN(C)CCC12c1ccc(C)cc1OC2(C)O. The van der Waals surface area contributed by atoms with E-state index in [0.717, 1.165) is 11.1 Å². The van der Waals surface area contributed by atoms with E-state index < -0.39 is 17.2 Å². The van der Waals surface area contributed by atoms with Gasteiger partial charge in [-0.25, -0.2) is 4.79 Å². The van der Waals surface area contributed by atoms with Gasteiger partial charge in [0.2, 0.25) is 5.79 Å². The Morgan fingerprint density at radius 2 is 2.18 bits per heavy atom. The number of carbonyl (C=O) groups excluding carboxylic acids is 1. The maximum atomic E-state index is 12.4. The predicted octanol–water partition coefficient (Wildman–Crippen LogP) is 1.73. The van der Waals surface area contributed by atoms with E-state index in [-0.39, 0.29) is 0 Å². The molecule has 1 aromatic rings. The largest absolute Gasteiger partial charge is 0.466 e. The fraction of sp³-hybridized carbons (Fsp3) is 0.471. The Morgan fingerprint density at radius 3 is 2.86 bits per heavy atom. The number of hydrogen-bond donors (Lipinski definition) is 1. The first-order valence-corrected chi connectivity index (χ1v) is 7.35. The first-order chi connectivity index (χ1) is 10.3. The topological polar surface area (TPSA) is 59.0 Å². The van der Waals surface area contributed by atoms with Gasteiger partial charge in [0.05, 0.1) is 18.1 Å². The van der Waals surface area contributed by atoms with Gasteiger partial charge in [0, 0.05) is 32.3 Å².